The second-order valence-corrected chi connectivity index (χ2v) is 9.01. The maximum atomic E-state index is 4.75. The first-order valence-electron chi connectivity index (χ1n) is 8.77. The number of likely N-dealkylation sites (tertiary alicyclic amines) is 1. The van der Waals surface area contributed by atoms with Gasteiger partial charge in [0, 0.05) is 36.6 Å². The highest BCUT2D eigenvalue weighted by Crippen LogP contribution is 2.26. The van der Waals surface area contributed by atoms with Crippen molar-refractivity contribution in [1.82, 2.24) is 15.5 Å². The normalized spacial score (nSPS) is 23.6. The van der Waals surface area contributed by atoms with Gasteiger partial charge in [-0.25, -0.2) is 4.99 Å². The Labute approximate surface area is 151 Å². The molecule has 0 radical (unpaired) electrons. The molecule has 1 aliphatic heterocycles. The molecule has 2 aliphatic rings. The second kappa shape index (κ2) is 8.49. The molecule has 0 spiro atoms. The predicted octanol–water partition coefficient (Wildman–Crippen LogP) is 3.58. The second-order valence-electron chi connectivity index (χ2n) is 6.46. The zero-order chi connectivity index (χ0) is 16.1. The van der Waals surface area contributed by atoms with Crippen LogP contribution in [-0.2, 0) is 6.54 Å². The van der Waals surface area contributed by atoms with Gasteiger partial charge in [0.15, 0.2) is 5.96 Å². The van der Waals surface area contributed by atoms with E-state index >= 15 is 0 Å². The molecule has 23 heavy (non-hydrogen) atoms. The quantitative estimate of drug-likeness (QED) is 0.587. The number of hydrogen-bond acceptors (Lipinski definition) is 3. The Hall–Kier alpha value is -0.590. The van der Waals surface area contributed by atoms with Gasteiger partial charge in [-0.2, -0.15) is 0 Å². The van der Waals surface area contributed by atoms with Crippen LogP contribution in [0.2, 0.25) is 0 Å². The number of nitrogens with one attached hydrogen (secondary N) is 2. The lowest BCUT2D eigenvalue weighted by Crippen LogP contribution is -2.45. The van der Waals surface area contributed by atoms with Crippen molar-refractivity contribution in [3.8, 4) is 0 Å². The van der Waals surface area contributed by atoms with E-state index in [-0.39, 0.29) is 0 Å². The molecule has 2 N–H and O–H groups in total. The maximum absolute atomic E-state index is 4.75. The summed E-state index contributed by atoms with van der Waals surface area (Å²) in [4.78, 5) is 8.72. The van der Waals surface area contributed by atoms with Crippen molar-refractivity contribution in [1.29, 1.82) is 0 Å². The summed E-state index contributed by atoms with van der Waals surface area (Å²) in [6, 6.07) is 5.60. The minimum atomic E-state index is 0.531. The van der Waals surface area contributed by atoms with Crippen LogP contribution in [0.3, 0.4) is 0 Å². The lowest BCUT2D eigenvalue weighted by molar-refractivity contribution is 0.242. The first kappa shape index (κ1) is 17.2. The van der Waals surface area contributed by atoms with Gasteiger partial charge in [0.05, 0.1) is 10.3 Å². The molecule has 1 aromatic rings. The zero-order valence-electron chi connectivity index (χ0n) is 13.9. The van der Waals surface area contributed by atoms with Crippen molar-refractivity contribution in [3.05, 3.63) is 20.8 Å². The molecule has 0 aromatic carbocycles. The molecule has 6 heteroatoms. The maximum Gasteiger partial charge on any atom is 0.191 e. The number of nitrogens with zero attached hydrogens (tertiary/aromatic N) is 2. The molecule has 1 unspecified atom stereocenters. The highest BCUT2D eigenvalue weighted by atomic mass is 79.9. The Morgan fingerprint density at radius 2 is 2.17 bits per heavy atom. The van der Waals surface area contributed by atoms with Crippen LogP contribution < -0.4 is 10.6 Å². The Morgan fingerprint density at radius 3 is 2.87 bits per heavy atom. The largest absolute Gasteiger partial charge is 0.357 e. The molecule has 1 aromatic heterocycles. The van der Waals surface area contributed by atoms with E-state index in [0.29, 0.717) is 6.04 Å². The van der Waals surface area contributed by atoms with Crippen LogP contribution in [0.5, 0.6) is 0 Å². The van der Waals surface area contributed by atoms with E-state index in [1.807, 2.05) is 0 Å². The molecule has 128 valence electrons. The predicted molar refractivity (Wildman–Crippen MR) is 102 cm³/mol. The number of guanidine groups is 1. The summed E-state index contributed by atoms with van der Waals surface area (Å²) in [6.07, 6.45) is 6.85. The van der Waals surface area contributed by atoms with Gasteiger partial charge in [-0.15, -0.1) is 11.3 Å². The molecule has 2 heterocycles. The van der Waals surface area contributed by atoms with Gasteiger partial charge in [-0.1, -0.05) is 12.8 Å². The summed E-state index contributed by atoms with van der Waals surface area (Å²) in [5.41, 5.74) is 0. The topological polar surface area (TPSA) is 39.7 Å². The third-order valence-electron chi connectivity index (χ3n) is 4.77. The standard InChI is InChI=1S/C17H27BrN4S/c1-2-19-17(20-11-15-7-8-16(18)23-15)21-13-9-10-22(12-13)14-5-3-4-6-14/h7-8,13-14H,2-6,9-12H2,1H3,(H2,19,20,21). The minimum absolute atomic E-state index is 0.531. The van der Waals surface area contributed by atoms with Crippen LogP contribution in [0.1, 0.15) is 43.9 Å². The molecule has 3 rings (SSSR count). The number of hydrogen-bond donors (Lipinski definition) is 2. The van der Waals surface area contributed by atoms with Crippen LogP contribution in [0.4, 0.5) is 0 Å². The van der Waals surface area contributed by atoms with Crippen LogP contribution in [0, 0.1) is 0 Å². The first-order valence-corrected chi connectivity index (χ1v) is 10.4. The van der Waals surface area contributed by atoms with Crippen molar-refractivity contribution >= 4 is 33.2 Å². The Balaban J connectivity index is 1.52. The van der Waals surface area contributed by atoms with Gasteiger partial charge >= 0.3 is 0 Å². The van der Waals surface area contributed by atoms with Gasteiger partial charge in [-0.3, -0.25) is 4.90 Å². The smallest absolute Gasteiger partial charge is 0.191 e. The lowest BCUT2D eigenvalue weighted by atomic mass is 10.2. The van der Waals surface area contributed by atoms with E-state index in [1.165, 1.54) is 53.9 Å². The summed E-state index contributed by atoms with van der Waals surface area (Å²) >= 11 is 5.27. The van der Waals surface area contributed by atoms with Crippen molar-refractivity contribution < 1.29 is 0 Å². The molecule has 0 bridgehead atoms. The van der Waals surface area contributed by atoms with Crippen LogP contribution in [-0.4, -0.2) is 42.6 Å². The van der Waals surface area contributed by atoms with E-state index in [2.05, 4.69) is 50.5 Å². The average molecular weight is 399 g/mol. The molecule has 1 atom stereocenters. The first-order chi connectivity index (χ1) is 11.2. The minimum Gasteiger partial charge on any atom is -0.357 e. The van der Waals surface area contributed by atoms with Crippen molar-refractivity contribution in [3.63, 3.8) is 0 Å². The number of thiophene rings is 1. The fourth-order valence-corrected chi connectivity index (χ4v) is 5.02. The Bertz CT molecular complexity index is 524. The molecule has 2 fully saturated rings. The molecule has 0 amide bonds. The average Bonchev–Trinajstić information content (AvgIpc) is 3.26. The van der Waals surface area contributed by atoms with E-state index in [1.54, 1.807) is 11.3 Å². The summed E-state index contributed by atoms with van der Waals surface area (Å²) in [7, 11) is 0. The molecular formula is C17H27BrN4S. The zero-order valence-corrected chi connectivity index (χ0v) is 16.3. The summed E-state index contributed by atoms with van der Waals surface area (Å²) in [6.45, 7) is 6.17. The van der Waals surface area contributed by atoms with Crippen molar-refractivity contribution in [2.24, 2.45) is 4.99 Å². The summed E-state index contributed by atoms with van der Waals surface area (Å²) in [5, 5.41) is 7.02. The Kier molecular flexibility index (Phi) is 6.36. The fourth-order valence-electron chi connectivity index (χ4n) is 3.61. The van der Waals surface area contributed by atoms with E-state index in [9.17, 15) is 0 Å². The molecule has 1 saturated carbocycles. The van der Waals surface area contributed by atoms with Crippen molar-refractivity contribution in [2.75, 3.05) is 19.6 Å². The van der Waals surface area contributed by atoms with E-state index < -0.39 is 0 Å². The SMILES string of the molecule is CCNC(=NCc1ccc(Br)s1)NC1CCN(C2CCCC2)C1. The molecule has 1 saturated heterocycles. The van der Waals surface area contributed by atoms with Crippen LogP contribution >= 0.6 is 27.3 Å². The van der Waals surface area contributed by atoms with E-state index in [0.717, 1.165) is 25.1 Å². The van der Waals surface area contributed by atoms with Gasteiger partial charge in [-0.05, 0) is 54.2 Å². The third-order valence-corrected chi connectivity index (χ3v) is 6.38. The third kappa shape index (κ3) is 4.94. The van der Waals surface area contributed by atoms with Crippen molar-refractivity contribution in [2.45, 2.75) is 57.7 Å². The van der Waals surface area contributed by atoms with Crippen LogP contribution in [0.25, 0.3) is 0 Å². The fraction of sp³-hybridized carbons (Fsp3) is 0.706. The highest BCUT2D eigenvalue weighted by Gasteiger charge is 2.30. The number of halogens is 1. The van der Waals surface area contributed by atoms with Gasteiger partial charge in [0.2, 0.25) is 0 Å². The monoisotopic (exact) mass is 398 g/mol. The lowest BCUT2D eigenvalue weighted by Gasteiger charge is -2.24. The van der Waals surface area contributed by atoms with Gasteiger partial charge in [0.25, 0.3) is 0 Å². The molecule has 1 aliphatic carbocycles. The summed E-state index contributed by atoms with van der Waals surface area (Å²) < 4.78 is 1.17. The number of aliphatic imine (C=N–C) groups is 1. The van der Waals surface area contributed by atoms with Crippen LogP contribution in [0.15, 0.2) is 20.9 Å². The highest BCUT2D eigenvalue weighted by molar-refractivity contribution is 9.11. The molecular weight excluding hydrogens is 372 g/mol. The van der Waals surface area contributed by atoms with Gasteiger partial charge < -0.3 is 10.6 Å². The summed E-state index contributed by atoms with van der Waals surface area (Å²) in [5.74, 6) is 0.954. The van der Waals surface area contributed by atoms with E-state index in [4.69, 9.17) is 4.99 Å². The van der Waals surface area contributed by atoms with Gasteiger partial charge in [0.1, 0.15) is 0 Å². The Morgan fingerprint density at radius 1 is 1.35 bits per heavy atom. The molecule has 4 nitrogen and oxygen atoms in total. The number of rotatable bonds is 5.